The largest absolute Gasteiger partial charge is 0.465 e. The number of rotatable bonds is 3. The Balaban J connectivity index is 1.71. The van der Waals surface area contributed by atoms with Gasteiger partial charge in [-0.1, -0.05) is 20.8 Å². The summed E-state index contributed by atoms with van der Waals surface area (Å²) >= 11 is 0. The molecule has 2 saturated heterocycles. The summed E-state index contributed by atoms with van der Waals surface area (Å²) in [5.41, 5.74) is -1.58. The topological polar surface area (TPSA) is 88.1 Å². The van der Waals surface area contributed by atoms with E-state index < -0.39 is 11.0 Å². The predicted molar refractivity (Wildman–Crippen MR) is 111 cm³/mol. The quantitative estimate of drug-likeness (QED) is 0.494. The Bertz CT molecular complexity index is 780. The second-order valence-corrected chi connectivity index (χ2v) is 10.9. The minimum absolute atomic E-state index is 0.154. The predicted octanol–water partition coefficient (Wildman–Crippen LogP) is 3.57. The normalized spacial score (nSPS) is 46.6. The second-order valence-electron chi connectivity index (χ2n) is 10.9. The Morgan fingerprint density at radius 2 is 1.81 bits per heavy atom. The molecule has 7 atom stereocenters. The van der Waals surface area contributed by atoms with E-state index in [0.717, 1.165) is 32.1 Å². The first-order chi connectivity index (χ1) is 14.5. The van der Waals surface area contributed by atoms with Crippen molar-refractivity contribution in [2.45, 2.75) is 96.9 Å². The summed E-state index contributed by atoms with van der Waals surface area (Å²) in [5.74, 6) is -0.319. The molecule has 0 N–H and O–H groups in total. The van der Waals surface area contributed by atoms with Gasteiger partial charge >= 0.3 is 17.9 Å². The molecule has 31 heavy (non-hydrogen) atoms. The molecule has 0 aromatic carbocycles. The number of carbonyl (C=O) groups excluding carboxylic acids is 3. The Morgan fingerprint density at radius 3 is 2.42 bits per heavy atom. The summed E-state index contributed by atoms with van der Waals surface area (Å²) in [7, 11) is 0. The van der Waals surface area contributed by atoms with Gasteiger partial charge in [0.05, 0.1) is 12.0 Å². The van der Waals surface area contributed by atoms with Crippen LogP contribution in [0, 0.1) is 22.7 Å². The average Bonchev–Trinajstić information content (AvgIpc) is 3.25. The molecule has 4 fully saturated rings. The summed E-state index contributed by atoms with van der Waals surface area (Å²) in [4.78, 5) is 35.5. The van der Waals surface area contributed by atoms with Crippen LogP contribution in [0.1, 0.15) is 79.6 Å². The van der Waals surface area contributed by atoms with Crippen LogP contribution in [-0.4, -0.2) is 48.4 Å². The van der Waals surface area contributed by atoms with Crippen LogP contribution in [0.15, 0.2) is 0 Å². The lowest BCUT2D eigenvalue weighted by Gasteiger charge is -2.65. The van der Waals surface area contributed by atoms with Crippen LogP contribution in [-0.2, 0) is 33.3 Å². The lowest BCUT2D eigenvalue weighted by atomic mass is 9.43. The molecule has 0 amide bonds. The van der Waals surface area contributed by atoms with E-state index >= 15 is 0 Å². The van der Waals surface area contributed by atoms with Crippen LogP contribution in [0.5, 0.6) is 0 Å². The Kier molecular flexibility index (Phi) is 5.43. The van der Waals surface area contributed by atoms with Gasteiger partial charge in [-0.3, -0.25) is 14.4 Å². The summed E-state index contributed by atoms with van der Waals surface area (Å²) < 4.78 is 23.6. The molecule has 2 aliphatic heterocycles. The Morgan fingerprint density at radius 1 is 1.06 bits per heavy atom. The van der Waals surface area contributed by atoms with Gasteiger partial charge in [-0.05, 0) is 50.4 Å². The second kappa shape index (κ2) is 7.46. The van der Waals surface area contributed by atoms with Crippen molar-refractivity contribution in [2.24, 2.45) is 22.7 Å². The van der Waals surface area contributed by atoms with Gasteiger partial charge in [0.25, 0.3) is 0 Å². The van der Waals surface area contributed by atoms with E-state index in [2.05, 4.69) is 20.8 Å². The molecule has 0 bridgehead atoms. The minimum atomic E-state index is -0.519. The lowest BCUT2D eigenvalue weighted by Crippen LogP contribution is -2.67. The van der Waals surface area contributed by atoms with Crippen molar-refractivity contribution in [1.82, 2.24) is 0 Å². The molecule has 174 valence electrons. The van der Waals surface area contributed by atoms with Crippen molar-refractivity contribution >= 4 is 17.9 Å². The van der Waals surface area contributed by atoms with E-state index in [-0.39, 0.29) is 47.6 Å². The Labute approximate surface area is 184 Å². The van der Waals surface area contributed by atoms with E-state index in [1.807, 2.05) is 0 Å². The van der Waals surface area contributed by atoms with Gasteiger partial charge in [-0.25, -0.2) is 0 Å². The van der Waals surface area contributed by atoms with Gasteiger partial charge < -0.3 is 18.9 Å². The molecular formula is C24H36O7. The summed E-state index contributed by atoms with van der Waals surface area (Å²) in [6, 6.07) is 0. The molecule has 2 spiro atoms. The van der Waals surface area contributed by atoms with E-state index in [9.17, 15) is 14.4 Å². The number of cyclic esters (lactones) is 1. The highest BCUT2D eigenvalue weighted by atomic mass is 16.6. The van der Waals surface area contributed by atoms with Crippen LogP contribution < -0.4 is 0 Å². The zero-order valence-corrected chi connectivity index (χ0v) is 19.5. The number of esters is 3. The molecule has 2 saturated carbocycles. The maximum atomic E-state index is 11.9. The number of ether oxygens (including phenoxy) is 4. The van der Waals surface area contributed by atoms with Crippen molar-refractivity contribution in [2.75, 3.05) is 13.2 Å². The number of hydrogen-bond donors (Lipinski definition) is 0. The molecule has 2 unspecified atom stereocenters. The van der Waals surface area contributed by atoms with Gasteiger partial charge in [-0.15, -0.1) is 0 Å². The van der Waals surface area contributed by atoms with Gasteiger partial charge in [0, 0.05) is 24.7 Å². The monoisotopic (exact) mass is 436 g/mol. The first-order valence-electron chi connectivity index (χ1n) is 11.6. The van der Waals surface area contributed by atoms with E-state index in [1.54, 1.807) is 0 Å². The van der Waals surface area contributed by atoms with Gasteiger partial charge in [0.1, 0.15) is 24.9 Å². The zero-order valence-electron chi connectivity index (χ0n) is 19.5. The first kappa shape index (κ1) is 22.6. The van der Waals surface area contributed by atoms with Crippen LogP contribution >= 0.6 is 0 Å². The molecule has 7 nitrogen and oxygen atoms in total. The van der Waals surface area contributed by atoms with Crippen molar-refractivity contribution in [1.29, 1.82) is 0 Å². The van der Waals surface area contributed by atoms with E-state index in [1.165, 1.54) is 13.8 Å². The van der Waals surface area contributed by atoms with Crippen molar-refractivity contribution in [3.63, 3.8) is 0 Å². The summed E-state index contributed by atoms with van der Waals surface area (Å²) in [6.45, 7) is 10.1. The number of fused-ring (bicyclic) bond motifs is 2. The smallest absolute Gasteiger partial charge is 0.308 e. The van der Waals surface area contributed by atoms with Crippen LogP contribution in [0.2, 0.25) is 0 Å². The number of hydrogen-bond acceptors (Lipinski definition) is 7. The third-order valence-electron chi connectivity index (χ3n) is 9.09. The van der Waals surface area contributed by atoms with Crippen LogP contribution in [0.4, 0.5) is 0 Å². The van der Waals surface area contributed by atoms with Crippen LogP contribution in [0.3, 0.4) is 0 Å². The highest BCUT2D eigenvalue weighted by molar-refractivity contribution is 5.73. The van der Waals surface area contributed by atoms with E-state index in [4.69, 9.17) is 18.9 Å². The maximum absolute atomic E-state index is 11.9. The van der Waals surface area contributed by atoms with Crippen molar-refractivity contribution in [3.8, 4) is 0 Å². The highest BCUT2D eigenvalue weighted by Gasteiger charge is 2.70. The molecular weight excluding hydrogens is 400 g/mol. The fourth-order valence-corrected chi connectivity index (χ4v) is 7.55. The lowest BCUT2D eigenvalue weighted by molar-refractivity contribution is -0.269. The molecule has 0 aromatic rings. The molecule has 4 rings (SSSR count). The third-order valence-corrected chi connectivity index (χ3v) is 9.09. The van der Waals surface area contributed by atoms with Gasteiger partial charge in [0.15, 0.2) is 0 Å². The number of carbonyl (C=O) groups is 3. The molecule has 0 radical (unpaired) electrons. The molecule has 0 aromatic heterocycles. The molecule has 4 aliphatic rings. The minimum Gasteiger partial charge on any atom is -0.465 e. The molecule has 2 aliphatic carbocycles. The SMILES string of the molecule is CC(=O)OC[C@@]1(C)C2CC[C@@H](C)[C@]3(CCC4(COC(=O)C4)O3)[C@@]2(C)CC[C@@H]1OC(C)=O. The summed E-state index contributed by atoms with van der Waals surface area (Å²) in [5, 5.41) is 0. The van der Waals surface area contributed by atoms with Gasteiger partial charge in [-0.2, -0.15) is 0 Å². The molecule has 2 heterocycles. The molecule has 7 heteroatoms. The third kappa shape index (κ3) is 3.38. The fraction of sp³-hybridized carbons (Fsp3) is 0.875. The van der Waals surface area contributed by atoms with Crippen LogP contribution in [0.25, 0.3) is 0 Å². The average molecular weight is 437 g/mol. The standard InChI is InChI=1S/C24H36O7/c1-15-6-7-18-21(4,13-28-16(2)25)19(30-17(3)26)8-9-22(18,5)24(15)11-10-23(31-24)12-20(27)29-14-23/h15,18-19H,6-14H2,1-5H3/t15-,18?,19+,21+,22+,23?,24-/m1/s1. The zero-order chi connectivity index (χ0) is 22.7. The van der Waals surface area contributed by atoms with E-state index in [0.29, 0.717) is 25.4 Å². The highest BCUT2D eigenvalue weighted by Crippen LogP contribution is 2.68. The van der Waals surface area contributed by atoms with Crippen molar-refractivity contribution in [3.05, 3.63) is 0 Å². The maximum Gasteiger partial charge on any atom is 0.308 e. The Hall–Kier alpha value is -1.63. The summed E-state index contributed by atoms with van der Waals surface area (Å²) in [6.07, 6.45) is 5.22. The van der Waals surface area contributed by atoms with Gasteiger partial charge in [0.2, 0.25) is 0 Å². The van der Waals surface area contributed by atoms with Crippen molar-refractivity contribution < 1.29 is 33.3 Å². The first-order valence-corrected chi connectivity index (χ1v) is 11.6. The fourth-order valence-electron chi connectivity index (χ4n) is 7.55.